The molecule has 2 aliphatic rings. The Morgan fingerprint density at radius 3 is 2.56 bits per heavy atom. The molecule has 2 saturated carbocycles. The van der Waals surface area contributed by atoms with Crippen molar-refractivity contribution in [1.29, 1.82) is 0 Å². The molecule has 142 valence electrons. The molecule has 1 heterocycles. The fraction of sp³-hybridized carbons (Fsp3) is 0.450. The summed E-state index contributed by atoms with van der Waals surface area (Å²) in [5, 5.41) is 6.14. The average molecular weight is 385 g/mol. The topological polar surface area (TPSA) is 76.0 Å². The highest BCUT2D eigenvalue weighted by molar-refractivity contribution is 7.99. The van der Waals surface area contributed by atoms with Crippen molar-refractivity contribution in [1.82, 2.24) is 20.2 Å². The highest BCUT2D eigenvalue weighted by Gasteiger charge is 2.29. The molecule has 0 saturated heterocycles. The molecular formula is C20H24N4O2S. The summed E-state index contributed by atoms with van der Waals surface area (Å²) in [5.74, 6) is -0.113. The van der Waals surface area contributed by atoms with E-state index in [1.54, 1.807) is 0 Å². The number of nitrogens with zero attached hydrogens (tertiary/aromatic N) is 2. The van der Waals surface area contributed by atoms with E-state index in [1.165, 1.54) is 11.8 Å². The zero-order valence-electron chi connectivity index (χ0n) is 15.2. The molecule has 6 nitrogen and oxygen atoms in total. The van der Waals surface area contributed by atoms with Crippen molar-refractivity contribution in [3.63, 3.8) is 0 Å². The van der Waals surface area contributed by atoms with Crippen LogP contribution in [0.15, 0.2) is 41.7 Å². The quantitative estimate of drug-likeness (QED) is 0.744. The maximum Gasteiger partial charge on any atom is 0.321 e. The van der Waals surface area contributed by atoms with Gasteiger partial charge in [-0.25, -0.2) is 9.78 Å². The molecule has 1 aromatic carbocycles. The van der Waals surface area contributed by atoms with E-state index in [1.807, 2.05) is 24.4 Å². The lowest BCUT2D eigenvalue weighted by Crippen LogP contribution is -2.44. The monoisotopic (exact) mass is 384 g/mol. The van der Waals surface area contributed by atoms with E-state index in [4.69, 9.17) is 0 Å². The smallest absolute Gasteiger partial charge is 0.321 e. The summed E-state index contributed by atoms with van der Waals surface area (Å²) in [4.78, 5) is 28.6. The van der Waals surface area contributed by atoms with Gasteiger partial charge in [-0.05, 0) is 31.2 Å². The van der Waals surface area contributed by atoms with Crippen LogP contribution in [0.25, 0.3) is 11.3 Å². The number of hydrogen-bond acceptors (Lipinski definition) is 4. The molecule has 2 aliphatic carbocycles. The van der Waals surface area contributed by atoms with Gasteiger partial charge >= 0.3 is 6.03 Å². The highest BCUT2D eigenvalue weighted by atomic mass is 32.2. The Kier molecular flexibility index (Phi) is 5.48. The summed E-state index contributed by atoms with van der Waals surface area (Å²) in [5.41, 5.74) is 2.21. The van der Waals surface area contributed by atoms with Crippen molar-refractivity contribution in [3.8, 4) is 11.3 Å². The second-order valence-electron chi connectivity index (χ2n) is 7.18. The maximum absolute atomic E-state index is 12.1. The minimum Gasteiger partial charge on any atom is -0.335 e. The number of rotatable bonds is 6. The fourth-order valence-corrected chi connectivity index (χ4v) is 4.39. The third-order valence-corrected chi connectivity index (χ3v) is 5.99. The van der Waals surface area contributed by atoms with Gasteiger partial charge in [0.25, 0.3) is 0 Å². The van der Waals surface area contributed by atoms with Gasteiger partial charge in [-0.15, -0.1) is 0 Å². The lowest BCUT2D eigenvalue weighted by molar-refractivity contribution is -0.117. The van der Waals surface area contributed by atoms with E-state index in [-0.39, 0.29) is 23.7 Å². The Morgan fingerprint density at radius 2 is 1.85 bits per heavy atom. The Bertz CT molecular complexity index is 811. The Labute approximate surface area is 163 Å². The van der Waals surface area contributed by atoms with Crippen LogP contribution < -0.4 is 10.6 Å². The van der Waals surface area contributed by atoms with Crippen LogP contribution in [0.5, 0.6) is 0 Å². The Balaban J connectivity index is 1.36. The van der Waals surface area contributed by atoms with E-state index in [0.717, 1.165) is 54.9 Å². The maximum atomic E-state index is 12.1. The summed E-state index contributed by atoms with van der Waals surface area (Å²) in [6.07, 6.45) is 8.43. The van der Waals surface area contributed by atoms with Crippen LogP contribution in [-0.2, 0) is 4.79 Å². The summed E-state index contributed by atoms with van der Waals surface area (Å²) in [7, 11) is 0. The van der Waals surface area contributed by atoms with Crippen molar-refractivity contribution < 1.29 is 9.59 Å². The van der Waals surface area contributed by atoms with Crippen molar-refractivity contribution in [2.75, 3.05) is 5.75 Å². The van der Waals surface area contributed by atoms with Gasteiger partial charge in [0.1, 0.15) is 0 Å². The largest absolute Gasteiger partial charge is 0.335 e. The van der Waals surface area contributed by atoms with E-state index in [9.17, 15) is 9.59 Å². The predicted molar refractivity (Wildman–Crippen MR) is 106 cm³/mol. The number of thioether (sulfide) groups is 1. The molecule has 0 bridgehead atoms. The molecule has 7 heteroatoms. The molecule has 0 spiro atoms. The Hall–Kier alpha value is -2.28. The first-order valence-corrected chi connectivity index (χ1v) is 10.5. The first-order valence-electron chi connectivity index (χ1n) is 9.56. The lowest BCUT2D eigenvalue weighted by atomic mass is 10.2. The average Bonchev–Trinajstić information content (AvgIpc) is 3.21. The zero-order chi connectivity index (χ0) is 18.6. The number of benzene rings is 1. The summed E-state index contributed by atoms with van der Waals surface area (Å²) in [6, 6.07) is 10.5. The minimum absolute atomic E-state index is 0.177. The van der Waals surface area contributed by atoms with Crippen molar-refractivity contribution >= 4 is 23.7 Å². The number of imide groups is 1. The van der Waals surface area contributed by atoms with Gasteiger partial charge in [0.05, 0.1) is 17.6 Å². The molecule has 0 aliphatic heterocycles. The second kappa shape index (κ2) is 8.17. The van der Waals surface area contributed by atoms with Gasteiger partial charge in [-0.2, -0.15) is 0 Å². The summed E-state index contributed by atoms with van der Waals surface area (Å²) in [6.45, 7) is 0. The van der Waals surface area contributed by atoms with E-state index < -0.39 is 0 Å². The van der Waals surface area contributed by atoms with Crippen LogP contribution in [0.4, 0.5) is 4.79 Å². The number of urea groups is 1. The summed E-state index contributed by atoms with van der Waals surface area (Å²) < 4.78 is 2.23. The van der Waals surface area contributed by atoms with Gasteiger partial charge < -0.3 is 9.88 Å². The van der Waals surface area contributed by atoms with Crippen LogP contribution in [-0.4, -0.2) is 33.3 Å². The van der Waals surface area contributed by atoms with Crippen molar-refractivity contribution in [3.05, 3.63) is 36.5 Å². The van der Waals surface area contributed by atoms with Crippen LogP contribution in [0, 0.1) is 0 Å². The van der Waals surface area contributed by atoms with Crippen LogP contribution in [0.2, 0.25) is 0 Å². The van der Waals surface area contributed by atoms with Crippen LogP contribution in [0.3, 0.4) is 0 Å². The number of carbonyl (C=O) groups is 2. The highest BCUT2D eigenvalue weighted by Crippen LogP contribution is 2.41. The molecule has 2 aromatic rings. The molecule has 2 fully saturated rings. The summed E-state index contributed by atoms with van der Waals surface area (Å²) >= 11 is 1.38. The SMILES string of the molecule is O=C(CSc1ncc(-c2ccccc2)n1C1CC1)NC(=O)NC1CCCC1. The van der Waals surface area contributed by atoms with Crippen LogP contribution >= 0.6 is 11.8 Å². The standard InChI is InChI=1S/C20H24N4O2S/c25-18(23-19(26)22-15-8-4-5-9-15)13-27-20-21-12-17(24(20)16-10-11-16)14-6-2-1-3-7-14/h1-3,6-7,12,15-16H,4-5,8-11,13H2,(H2,22,23,25,26). The molecular weight excluding hydrogens is 360 g/mol. The predicted octanol–water partition coefficient (Wildman–Crippen LogP) is 3.75. The molecule has 1 aromatic heterocycles. The molecule has 0 unspecified atom stereocenters. The number of amides is 3. The van der Waals surface area contributed by atoms with Gasteiger partial charge in [0.2, 0.25) is 5.91 Å². The third kappa shape index (κ3) is 4.53. The van der Waals surface area contributed by atoms with Crippen molar-refractivity contribution in [2.24, 2.45) is 0 Å². The molecule has 4 rings (SSSR count). The van der Waals surface area contributed by atoms with E-state index in [2.05, 4.69) is 32.3 Å². The Morgan fingerprint density at radius 1 is 1.11 bits per heavy atom. The molecule has 3 amide bonds. The first-order chi connectivity index (χ1) is 13.2. The van der Waals surface area contributed by atoms with Crippen LogP contribution in [0.1, 0.15) is 44.6 Å². The van der Waals surface area contributed by atoms with E-state index in [0.29, 0.717) is 6.04 Å². The number of hydrogen-bond donors (Lipinski definition) is 2. The first kappa shape index (κ1) is 18.1. The van der Waals surface area contributed by atoms with E-state index >= 15 is 0 Å². The van der Waals surface area contributed by atoms with Gasteiger partial charge in [-0.3, -0.25) is 10.1 Å². The molecule has 27 heavy (non-hydrogen) atoms. The fourth-order valence-electron chi connectivity index (χ4n) is 3.54. The molecule has 0 radical (unpaired) electrons. The lowest BCUT2D eigenvalue weighted by Gasteiger charge is -2.13. The van der Waals surface area contributed by atoms with Gasteiger partial charge in [0, 0.05) is 12.1 Å². The molecule has 2 N–H and O–H groups in total. The van der Waals surface area contributed by atoms with Gasteiger partial charge in [-0.1, -0.05) is 54.9 Å². The zero-order valence-corrected chi connectivity index (χ0v) is 16.0. The second-order valence-corrected chi connectivity index (χ2v) is 8.13. The number of nitrogens with one attached hydrogen (secondary N) is 2. The van der Waals surface area contributed by atoms with Crippen molar-refractivity contribution in [2.45, 2.75) is 55.8 Å². The van der Waals surface area contributed by atoms with Gasteiger partial charge in [0.15, 0.2) is 5.16 Å². The number of carbonyl (C=O) groups excluding carboxylic acids is 2. The number of imidazole rings is 1. The molecule has 0 atom stereocenters. The third-order valence-electron chi connectivity index (χ3n) is 5.02. The normalized spacial score (nSPS) is 17.0. The number of aromatic nitrogens is 2. The minimum atomic E-state index is -0.386.